The van der Waals surface area contributed by atoms with E-state index in [0.717, 1.165) is 0 Å². The minimum Gasteiger partial charge on any atom is -0.467 e. The lowest BCUT2D eigenvalue weighted by atomic mass is 10.0. The highest BCUT2D eigenvalue weighted by Gasteiger charge is 2.37. The number of nitro groups is 1. The normalized spacial score (nSPS) is 15.5. The number of hydrogen-bond donors (Lipinski definition) is 0. The number of esters is 1. The number of halogens is 1. The van der Waals surface area contributed by atoms with Crippen LogP contribution in [0.4, 0.5) is 5.69 Å². The molecule has 1 aromatic heterocycles. The van der Waals surface area contributed by atoms with Crippen molar-refractivity contribution < 1.29 is 23.7 Å². The zero-order valence-corrected chi connectivity index (χ0v) is 15.7. The summed E-state index contributed by atoms with van der Waals surface area (Å²) in [6, 6.07) is 7.25. The van der Waals surface area contributed by atoms with Crippen molar-refractivity contribution in [1.82, 2.24) is 4.90 Å². The van der Waals surface area contributed by atoms with E-state index >= 15 is 0 Å². The molecule has 0 saturated heterocycles. The lowest BCUT2D eigenvalue weighted by molar-refractivity contribution is -0.384. The number of methoxy groups -OCH3 is 1. The summed E-state index contributed by atoms with van der Waals surface area (Å²) in [7, 11) is 1.21. The molecular formula is C19H15ClN2O6. The van der Waals surface area contributed by atoms with Crippen molar-refractivity contribution in [3.05, 3.63) is 79.9 Å². The van der Waals surface area contributed by atoms with Crippen molar-refractivity contribution in [2.75, 3.05) is 7.11 Å². The van der Waals surface area contributed by atoms with E-state index in [1.807, 2.05) is 0 Å². The number of benzene rings is 1. The number of ether oxygens (including phenoxy) is 1. The lowest BCUT2D eigenvalue weighted by Gasteiger charge is -2.16. The quantitative estimate of drug-likeness (QED) is 0.327. The third-order valence-electron chi connectivity index (χ3n) is 4.29. The van der Waals surface area contributed by atoms with Crippen LogP contribution in [0.15, 0.2) is 57.9 Å². The van der Waals surface area contributed by atoms with Crippen LogP contribution in [0.1, 0.15) is 18.2 Å². The summed E-state index contributed by atoms with van der Waals surface area (Å²) in [6.07, 6.45) is 2.84. The maximum Gasteiger partial charge on any atom is 0.340 e. The molecule has 1 aromatic carbocycles. The van der Waals surface area contributed by atoms with Gasteiger partial charge in [-0.25, -0.2) is 4.79 Å². The molecule has 0 bridgehead atoms. The fraction of sp³-hybridized carbons (Fsp3) is 0.158. The van der Waals surface area contributed by atoms with E-state index in [4.69, 9.17) is 20.8 Å². The summed E-state index contributed by atoms with van der Waals surface area (Å²) >= 11 is 6.14. The number of nitro benzene ring substituents is 1. The standard InChI is InChI=1S/C19H15ClN2O6/c1-11-17(19(24)27-2)15(18(23)21(11)10-14-4-3-7-28-14)9-12-8-13(22(25)26)5-6-16(12)20/h3-9H,10H2,1-2H3/b15-9-. The van der Waals surface area contributed by atoms with E-state index in [1.54, 1.807) is 19.1 Å². The van der Waals surface area contributed by atoms with Crippen LogP contribution >= 0.6 is 11.6 Å². The van der Waals surface area contributed by atoms with Crippen LogP contribution in [0, 0.1) is 10.1 Å². The molecule has 28 heavy (non-hydrogen) atoms. The molecule has 1 aliphatic heterocycles. The van der Waals surface area contributed by atoms with Crippen molar-refractivity contribution in [1.29, 1.82) is 0 Å². The first-order valence-corrected chi connectivity index (χ1v) is 8.50. The van der Waals surface area contributed by atoms with Crippen molar-refractivity contribution >= 4 is 35.2 Å². The van der Waals surface area contributed by atoms with Gasteiger partial charge in [-0.15, -0.1) is 0 Å². The molecule has 144 valence electrons. The molecule has 0 saturated carbocycles. The first-order valence-electron chi connectivity index (χ1n) is 8.13. The number of carbonyl (C=O) groups excluding carboxylic acids is 2. The summed E-state index contributed by atoms with van der Waals surface area (Å²) < 4.78 is 10.1. The molecule has 8 nitrogen and oxygen atoms in total. The number of amides is 1. The number of non-ortho nitro benzene ring substituents is 1. The van der Waals surface area contributed by atoms with E-state index in [9.17, 15) is 19.7 Å². The zero-order valence-electron chi connectivity index (χ0n) is 15.0. The van der Waals surface area contributed by atoms with Gasteiger partial charge in [0.05, 0.1) is 36.0 Å². The Balaban J connectivity index is 2.09. The molecule has 0 N–H and O–H groups in total. The average molecular weight is 403 g/mol. The molecule has 3 rings (SSSR count). The molecule has 9 heteroatoms. The molecule has 0 aliphatic carbocycles. The van der Waals surface area contributed by atoms with Crippen LogP contribution in [0.5, 0.6) is 0 Å². The Morgan fingerprint density at radius 3 is 2.75 bits per heavy atom. The van der Waals surface area contributed by atoms with Crippen molar-refractivity contribution in [3.63, 3.8) is 0 Å². The van der Waals surface area contributed by atoms with Gasteiger partial charge >= 0.3 is 5.97 Å². The molecule has 0 unspecified atom stereocenters. The molecule has 0 spiro atoms. The monoisotopic (exact) mass is 402 g/mol. The second-order valence-corrected chi connectivity index (χ2v) is 6.35. The average Bonchev–Trinajstić information content (AvgIpc) is 3.26. The maximum atomic E-state index is 13.0. The summed E-state index contributed by atoms with van der Waals surface area (Å²) in [5.41, 5.74) is 0.559. The molecule has 2 heterocycles. The lowest BCUT2D eigenvalue weighted by Crippen LogP contribution is -2.24. The fourth-order valence-electron chi connectivity index (χ4n) is 2.89. The Kier molecular flexibility index (Phi) is 5.32. The summed E-state index contributed by atoms with van der Waals surface area (Å²) in [4.78, 5) is 37.2. The largest absolute Gasteiger partial charge is 0.467 e. The Morgan fingerprint density at radius 1 is 1.39 bits per heavy atom. The fourth-order valence-corrected chi connectivity index (χ4v) is 3.06. The number of furan rings is 1. The first kappa shape index (κ1) is 19.4. The highest BCUT2D eigenvalue weighted by atomic mass is 35.5. The number of allylic oxidation sites excluding steroid dienone is 1. The van der Waals surface area contributed by atoms with Gasteiger partial charge in [0.2, 0.25) is 0 Å². The summed E-state index contributed by atoms with van der Waals surface area (Å²) in [5, 5.41) is 11.2. The van der Waals surface area contributed by atoms with Gasteiger partial charge in [0.25, 0.3) is 11.6 Å². The minimum atomic E-state index is -0.694. The number of nitrogens with zero attached hydrogens (tertiary/aromatic N) is 2. The molecule has 0 atom stereocenters. The van der Waals surface area contributed by atoms with Gasteiger partial charge in [0.15, 0.2) is 0 Å². The van der Waals surface area contributed by atoms with Crippen LogP contribution in [-0.2, 0) is 20.9 Å². The Hall–Kier alpha value is -3.39. The number of rotatable bonds is 5. The van der Waals surface area contributed by atoms with Gasteiger partial charge in [-0.1, -0.05) is 11.6 Å². The summed E-state index contributed by atoms with van der Waals surface area (Å²) in [5.74, 6) is -0.621. The summed E-state index contributed by atoms with van der Waals surface area (Å²) in [6.45, 7) is 1.74. The topological polar surface area (TPSA) is 103 Å². The zero-order chi connectivity index (χ0) is 20.4. The smallest absolute Gasteiger partial charge is 0.340 e. The molecule has 1 amide bonds. The predicted molar refractivity (Wildman–Crippen MR) is 100 cm³/mol. The first-order chi connectivity index (χ1) is 13.3. The van der Waals surface area contributed by atoms with Crippen LogP contribution < -0.4 is 0 Å². The van der Waals surface area contributed by atoms with Crippen LogP contribution in [0.25, 0.3) is 6.08 Å². The highest BCUT2D eigenvalue weighted by molar-refractivity contribution is 6.32. The number of carbonyl (C=O) groups is 2. The van der Waals surface area contributed by atoms with Crippen molar-refractivity contribution in [2.45, 2.75) is 13.5 Å². The SMILES string of the molecule is COC(=O)C1=C(C)N(Cc2ccco2)C(=O)/C1=C\c1cc([N+](=O)[O-])ccc1Cl. The maximum absolute atomic E-state index is 13.0. The molecule has 0 fully saturated rings. The van der Waals surface area contributed by atoms with E-state index in [1.165, 1.54) is 42.5 Å². The van der Waals surface area contributed by atoms with E-state index in [-0.39, 0.29) is 34.0 Å². The third kappa shape index (κ3) is 3.54. The van der Waals surface area contributed by atoms with Gasteiger partial charge in [0, 0.05) is 28.4 Å². The second-order valence-electron chi connectivity index (χ2n) is 5.94. The predicted octanol–water partition coefficient (Wildman–Crippen LogP) is 3.71. The number of hydrogen-bond acceptors (Lipinski definition) is 6. The van der Waals surface area contributed by atoms with Gasteiger partial charge in [-0.05, 0) is 31.2 Å². The van der Waals surface area contributed by atoms with Gasteiger partial charge < -0.3 is 14.1 Å². The molecule has 1 aliphatic rings. The van der Waals surface area contributed by atoms with E-state index in [0.29, 0.717) is 11.5 Å². The van der Waals surface area contributed by atoms with Gasteiger partial charge in [-0.2, -0.15) is 0 Å². The van der Waals surface area contributed by atoms with Crippen LogP contribution in [0.3, 0.4) is 0 Å². The van der Waals surface area contributed by atoms with Gasteiger partial charge in [0.1, 0.15) is 5.76 Å². The van der Waals surface area contributed by atoms with Gasteiger partial charge in [-0.3, -0.25) is 14.9 Å². The third-order valence-corrected chi connectivity index (χ3v) is 4.63. The minimum absolute atomic E-state index is 0.0401. The Labute approximate surface area is 164 Å². The Morgan fingerprint density at radius 2 is 2.14 bits per heavy atom. The van der Waals surface area contributed by atoms with Crippen molar-refractivity contribution in [2.24, 2.45) is 0 Å². The van der Waals surface area contributed by atoms with E-state index in [2.05, 4.69) is 0 Å². The molecular weight excluding hydrogens is 388 g/mol. The Bertz CT molecular complexity index is 1020. The van der Waals surface area contributed by atoms with Crippen LogP contribution in [-0.4, -0.2) is 28.8 Å². The molecule has 0 radical (unpaired) electrons. The highest BCUT2D eigenvalue weighted by Crippen LogP contribution is 2.34. The van der Waals surface area contributed by atoms with Crippen LogP contribution in [0.2, 0.25) is 5.02 Å². The van der Waals surface area contributed by atoms with Crippen molar-refractivity contribution in [3.8, 4) is 0 Å². The van der Waals surface area contributed by atoms with E-state index < -0.39 is 16.8 Å². The molecule has 2 aromatic rings. The second kappa shape index (κ2) is 7.69.